The van der Waals surface area contributed by atoms with Crippen LogP contribution in [0.4, 0.5) is 10.2 Å². The van der Waals surface area contributed by atoms with Gasteiger partial charge in [-0.25, -0.2) is 14.4 Å². The average molecular weight is 434 g/mol. The van der Waals surface area contributed by atoms with Gasteiger partial charge in [0.05, 0.1) is 24.9 Å². The molecule has 0 radical (unpaired) electrons. The van der Waals surface area contributed by atoms with Gasteiger partial charge in [0.2, 0.25) is 0 Å². The zero-order chi connectivity index (χ0) is 22.5. The van der Waals surface area contributed by atoms with Crippen LogP contribution < -0.4 is 9.64 Å². The number of anilines is 1. The molecule has 6 nitrogen and oxygen atoms in total. The number of nitrogens with zero attached hydrogens (tertiary/aromatic N) is 5. The second-order valence-corrected chi connectivity index (χ2v) is 9.12. The Balaban J connectivity index is 1.31. The van der Waals surface area contributed by atoms with E-state index in [1.54, 1.807) is 18.5 Å². The highest BCUT2D eigenvalue weighted by atomic mass is 19.1. The third kappa shape index (κ3) is 3.40. The minimum absolute atomic E-state index is 0.0177. The molecule has 3 aliphatic heterocycles. The fourth-order valence-corrected chi connectivity index (χ4v) is 5.03. The molecule has 5 rings (SSSR count). The highest BCUT2D eigenvalue weighted by Gasteiger charge is 2.38. The summed E-state index contributed by atoms with van der Waals surface area (Å²) < 4.78 is 19.3. The number of rotatable bonds is 4. The highest BCUT2D eigenvalue weighted by molar-refractivity contribution is 6.06. The monoisotopic (exact) mass is 433 g/mol. The maximum absolute atomic E-state index is 14.3. The number of hydrogen-bond donors (Lipinski definition) is 0. The largest absolute Gasteiger partial charge is 0.494 e. The Morgan fingerprint density at radius 1 is 1.12 bits per heavy atom. The van der Waals surface area contributed by atoms with Crippen LogP contribution >= 0.6 is 0 Å². The van der Waals surface area contributed by atoms with Crippen LogP contribution in [0, 0.1) is 11.2 Å². The standard InChI is InChI=1S/C25H28FN5O/c1-15-18(17-5-6-21(32-4)19(26)11-17)12-22(30-15)25(3)7-9-31(10-8-25)24-23-16(2)27-13-20(23)28-14-29-24/h5-6,11,14H,7-10,12-13H2,1-4H3. The minimum Gasteiger partial charge on any atom is -0.494 e. The van der Waals surface area contributed by atoms with Crippen LogP contribution in [0.3, 0.4) is 0 Å². The van der Waals surface area contributed by atoms with Crippen LogP contribution in [0.5, 0.6) is 5.75 Å². The topological polar surface area (TPSA) is 63.0 Å². The van der Waals surface area contributed by atoms with Gasteiger partial charge in [-0.15, -0.1) is 0 Å². The third-order valence-electron chi connectivity index (χ3n) is 7.18. The molecule has 1 fully saturated rings. The zero-order valence-electron chi connectivity index (χ0n) is 19.1. The summed E-state index contributed by atoms with van der Waals surface area (Å²) in [4.78, 5) is 20.9. The van der Waals surface area contributed by atoms with Crippen molar-refractivity contribution in [3.05, 3.63) is 52.9 Å². The lowest BCUT2D eigenvalue weighted by molar-refractivity contribution is 0.351. The SMILES string of the molecule is COc1ccc(C2=C(C)N=C(C3(C)CCN(c4ncnc5c4C(C)=NC5)CC3)C2)cc1F. The molecule has 0 aliphatic carbocycles. The zero-order valence-corrected chi connectivity index (χ0v) is 19.1. The molecule has 0 atom stereocenters. The van der Waals surface area contributed by atoms with Crippen molar-refractivity contribution in [3.8, 4) is 5.75 Å². The van der Waals surface area contributed by atoms with Gasteiger partial charge in [0, 0.05) is 42.0 Å². The lowest BCUT2D eigenvalue weighted by atomic mass is 9.74. The van der Waals surface area contributed by atoms with E-state index in [2.05, 4.69) is 26.8 Å². The van der Waals surface area contributed by atoms with E-state index < -0.39 is 0 Å². The summed E-state index contributed by atoms with van der Waals surface area (Å²) >= 11 is 0. The van der Waals surface area contributed by atoms with Crippen LogP contribution in [-0.4, -0.2) is 41.6 Å². The summed E-state index contributed by atoms with van der Waals surface area (Å²) in [6, 6.07) is 5.17. The highest BCUT2D eigenvalue weighted by Crippen LogP contribution is 2.42. The van der Waals surface area contributed by atoms with Crippen LogP contribution in [0.25, 0.3) is 5.57 Å². The van der Waals surface area contributed by atoms with Gasteiger partial charge in [-0.3, -0.25) is 9.98 Å². The number of allylic oxidation sites excluding steroid dienone is 2. The molecule has 2 aromatic rings. The van der Waals surface area contributed by atoms with E-state index in [0.29, 0.717) is 6.54 Å². The maximum atomic E-state index is 14.3. The Kier molecular flexibility index (Phi) is 5.07. The summed E-state index contributed by atoms with van der Waals surface area (Å²) in [7, 11) is 1.48. The van der Waals surface area contributed by atoms with Gasteiger partial charge in [-0.1, -0.05) is 13.0 Å². The smallest absolute Gasteiger partial charge is 0.165 e. The van der Waals surface area contributed by atoms with Crippen molar-refractivity contribution in [2.45, 2.75) is 46.6 Å². The van der Waals surface area contributed by atoms with Gasteiger partial charge in [0.25, 0.3) is 0 Å². The van der Waals surface area contributed by atoms with Crippen LogP contribution in [0.2, 0.25) is 0 Å². The fraction of sp³-hybridized carbons (Fsp3) is 0.440. The lowest BCUT2D eigenvalue weighted by Crippen LogP contribution is -2.43. The number of benzene rings is 1. The normalized spacial score (nSPS) is 19.7. The first-order valence-electron chi connectivity index (χ1n) is 11.1. The van der Waals surface area contributed by atoms with E-state index >= 15 is 0 Å². The molecule has 166 valence electrons. The Morgan fingerprint density at radius 2 is 1.91 bits per heavy atom. The molecule has 1 saturated heterocycles. The molecule has 32 heavy (non-hydrogen) atoms. The fourth-order valence-electron chi connectivity index (χ4n) is 5.03. The molecule has 0 unspecified atom stereocenters. The predicted octanol–water partition coefficient (Wildman–Crippen LogP) is 4.83. The van der Waals surface area contributed by atoms with Crippen LogP contribution in [-0.2, 0) is 6.54 Å². The second-order valence-electron chi connectivity index (χ2n) is 9.12. The molecule has 1 aromatic carbocycles. The van der Waals surface area contributed by atoms with Gasteiger partial charge in [-0.2, -0.15) is 0 Å². The van der Waals surface area contributed by atoms with Gasteiger partial charge >= 0.3 is 0 Å². The van der Waals surface area contributed by atoms with Crippen molar-refractivity contribution < 1.29 is 9.13 Å². The maximum Gasteiger partial charge on any atom is 0.165 e. The average Bonchev–Trinajstić information content (AvgIpc) is 3.38. The number of aromatic nitrogens is 2. The summed E-state index contributed by atoms with van der Waals surface area (Å²) in [5.41, 5.74) is 7.34. The van der Waals surface area contributed by atoms with Crippen molar-refractivity contribution in [2.75, 3.05) is 25.1 Å². The van der Waals surface area contributed by atoms with Gasteiger partial charge < -0.3 is 9.64 Å². The quantitative estimate of drug-likeness (QED) is 0.693. The van der Waals surface area contributed by atoms with Gasteiger partial charge in [-0.05, 0) is 50.0 Å². The third-order valence-corrected chi connectivity index (χ3v) is 7.18. The summed E-state index contributed by atoms with van der Waals surface area (Å²) in [6.45, 7) is 8.85. The molecule has 0 N–H and O–H groups in total. The molecule has 0 amide bonds. The van der Waals surface area contributed by atoms with E-state index in [1.807, 2.05) is 19.9 Å². The molecular formula is C25H28FN5O. The van der Waals surface area contributed by atoms with Crippen molar-refractivity contribution in [2.24, 2.45) is 15.4 Å². The Morgan fingerprint density at radius 3 is 2.62 bits per heavy atom. The number of halogens is 1. The van der Waals surface area contributed by atoms with E-state index in [0.717, 1.165) is 72.0 Å². The van der Waals surface area contributed by atoms with E-state index in [1.165, 1.54) is 12.8 Å². The predicted molar refractivity (Wildman–Crippen MR) is 125 cm³/mol. The first-order chi connectivity index (χ1) is 15.4. The number of fused-ring (bicyclic) bond motifs is 1. The number of methoxy groups -OCH3 is 1. The van der Waals surface area contributed by atoms with E-state index in [4.69, 9.17) is 9.73 Å². The Labute approximate surface area is 188 Å². The summed E-state index contributed by atoms with van der Waals surface area (Å²) in [5.74, 6) is 0.935. The van der Waals surface area contributed by atoms with Crippen molar-refractivity contribution in [1.82, 2.24) is 9.97 Å². The first kappa shape index (κ1) is 20.8. The molecule has 0 bridgehead atoms. The number of piperidine rings is 1. The van der Waals surface area contributed by atoms with Crippen molar-refractivity contribution in [1.29, 1.82) is 0 Å². The molecule has 0 spiro atoms. The van der Waals surface area contributed by atoms with Crippen molar-refractivity contribution in [3.63, 3.8) is 0 Å². The summed E-state index contributed by atoms with van der Waals surface area (Å²) in [6.07, 6.45) is 4.42. The van der Waals surface area contributed by atoms with Crippen LogP contribution in [0.1, 0.15) is 56.9 Å². The van der Waals surface area contributed by atoms with Crippen LogP contribution in [0.15, 0.2) is 40.2 Å². The minimum atomic E-state index is -0.338. The van der Waals surface area contributed by atoms with Gasteiger partial charge in [0.1, 0.15) is 12.1 Å². The number of ether oxygens (including phenoxy) is 1. The second kappa shape index (κ2) is 7.80. The molecule has 0 saturated carbocycles. The molecule has 1 aromatic heterocycles. The van der Waals surface area contributed by atoms with E-state index in [-0.39, 0.29) is 17.0 Å². The number of aliphatic imine (C=N–C) groups is 2. The molecule has 7 heteroatoms. The molecule has 3 aliphatic rings. The number of hydrogen-bond acceptors (Lipinski definition) is 6. The Hall–Kier alpha value is -3.09. The first-order valence-corrected chi connectivity index (χ1v) is 11.1. The lowest BCUT2D eigenvalue weighted by Gasteiger charge is -2.40. The molecule has 4 heterocycles. The van der Waals surface area contributed by atoms with Crippen molar-refractivity contribution >= 4 is 22.8 Å². The van der Waals surface area contributed by atoms with E-state index in [9.17, 15) is 4.39 Å². The Bertz CT molecular complexity index is 1170. The summed E-state index contributed by atoms with van der Waals surface area (Å²) in [5, 5.41) is 0. The van der Waals surface area contributed by atoms with Gasteiger partial charge in [0.15, 0.2) is 11.6 Å². The molecular weight excluding hydrogens is 405 g/mol.